The number of aromatic nitrogens is 3. The van der Waals surface area contributed by atoms with Gasteiger partial charge in [0.2, 0.25) is 0 Å². The average Bonchev–Trinajstić information content (AvgIpc) is 2.96. The summed E-state index contributed by atoms with van der Waals surface area (Å²) < 4.78 is 0.628. The second kappa shape index (κ2) is 6.26. The summed E-state index contributed by atoms with van der Waals surface area (Å²) in [4.78, 5) is 34.7. The number of amides is 1. The molecule has 10 heteroatoms. The Labute approximate surface area is 138 Å². The molecule has 0 aliphatic rings. The number of hydrogen-bond acceptors (Lipinski definition) is 8. The lowest BCUT2D eigenvalue weighted by Crippen LogP contribution is -2.12. The number of thioether (sulfide) groups is 1. The van der Waals surface area contributed by atoms with Gasteiger partial charge in [-0.2, -0.15) is 0 Å². The largest absolute Gasteiger partial charge is 0.298 e. The molecule has 116 valence electrons. The lowest BCUT2D eigenvalue weighted by Gasteiger charge is -2.01. The Bertz CT molecular complexity index is 894. The molecular weight excluding hydrogens is 338 g/mol. The van der Waals surface area contributed by atoms with E-state index in [2.05, 4.69) is 20.3 Å². The quantitative estimate of drug-likeness (QED) is 0.334. The number of carbonyl (C=O) groups excluding carboxylic acids is 1. The zero-order valence-electron chi connectivity index (χ0n) is 11.7. The SMILES string of the molecule is CSc1ncc(C(=O)Nc2nc3ccc([N+](=O)[O-])cc3s2)cn1. The van der Waals surface area contributed by atoms with E-state index in [1.54, 1.807) is 6.07 Å². The van der Waals surface area contributed by atoms with Crippen LogP contribution in [0.1, 0.15) is 10.4 Å². The van der Waals surface area contributed by atoms with Crippen molar-refractivity contribution in [3.05, 3.63) is 46.3 Å². The molecular formula is C13H9N5O3S2. The van der Waals surface area contributed by atoms with E-state index in [0.29, 0.717) is 26.1 Å². The van der Waals surface area contributed by atoms with Crippen LogP contribution in [0.25, 0.3) is 10.2 Å². The van der Waals surface area contributed by atoms with Gasteiger partial charge in [-0.15, -0.1) is 0 Å². The van der Waals surface area contributed by atoms with E-state index in [1.807, 2.05) is 6.26 Å². The number of hydrogen-bond donors (Lipinski definition) is 1. The predicted molar refractivity (Wildman–Crippen MR) is 88.0 cm³/mol. The van der Waals surface area contributed by atoms with Crippen LogP contribution >= 0.6 is 23.1 Å². The molecule has 0 atom stereocenters. The van der Waals surface area contributed by atoms with E-state index >= 15 is 0 Å². The monoisotopic (exact) mass is 347 g/mol. The van der Waals surface area contributed by atoms with Crippen LogP contribution in [0.2, 0.25) is 0 Å². The highest BCUT2D eigenvalue weighted by Crippen LogP contribution is 2.29. The van der Waals surface area contributed by atoms with Crippen LogP contribution in [-0.2, 0) is 0 Å². The zero-order chi connectivity index (χ0) is 16.4. The lowest BCUT2D eigenvalue weighted by molar-refractivity contribution is -0.384. The number of thiazole rings is 1. The molecule has 8 nitrogen and oxygen atoms in total. The Morgan fingerprint density at radius 1 is 1.35 bits per heavy atom. The number of fused-ring (bicyclic) bond motifs is 1. The maximum atomic E-state index is 12.1. The molecule has 0 aliphatic heterocycles. The third-order valence-electron chi connectivity index (χ3n) is 2.88. The van der Waals surface area contributed by atoms with Gasteiger partial charge in [-0.3, -0.25) is 20.2 Å². The molecule has 1 aromatic carbocycles. The summed E-state index contributed by atoms with van der Waals surface area (Å²) in [7, 11) is 0. The molecule has 1 amide bonds. The van der Waals surface area contributed by atoms with Crippen LogP contribution in [0, 0.1) is 10.1 Å². The molecule has 0 bridgehead atoms. The summed E-state index contributed by atoms with van der Waals surface area (Å²) in [6.45, 7) is 0. The van der Waals surface area contributed by atoms with Crippen molar-refractivity contribution in [2.75, 3.05) is 11.6 Å². The molecule has 0 aliphatic carbocycles. The van der Waals surface area contributed by atoms with Gasteiger partial charge >= 0.3 is 0 Å². The van der Waals surface area contributed by atoms with Crippen LogP contribution in [0.15, 0.2) is 35.7 Å². The van der Waals surface area contributed by atoms with Crippen LogP contribution in [0.5, 0.6) is 0 Å². The van der Waals surface area contributed by atoms with Gasteiger partial charge in [0.25, 0.3) is 11.6 Å². The maximum Gasteiger partial charge on any atom is 0.270 e. The minimum atomic E-state index is -0.470. The summed E-state index contributed by atoms with van der Waals surface area (Å²) in [5.74, 6) is -0.383. The van der Waals surface area contributed by atoms with Gasteiger partial charge in [0.15, 0.2) is 10.3 Å². The fraction of sp³-hybridized carbons (Fsp3) is 0.0769. The van der Waals surface area contributed by atoms with Crippen molar-refractivity contribution in [2.45, 2.75) is 5.16 Å². The molecule has 23 heavy (non-hydrogen) atoms. The van der Waals surface area contributed by atoms with Crippen molar-refractivity contribution in [1.82, 2.24) is 15.0 Å². The van der Waals surface area contributed by atoms with Crippen LogP contribution in [0.4, 0.5) is 10.8 Å². The summed E-state index contributed by atoms with van der Waals surface area (Å²) in [5.41, 5.74) is 0.887. The third kappa shape index (κ3) is 3.27. The lowest BCUT2D eigenvalue weighted by atomic mass is 10.3. The standard InChI is InChI=1S/C13H9N5O3S2/c1-22-12-14-5-7(6-15-12)11(19)17-13-16-9-3-2-8(18(20)21)4-10(9)23-13/h2-6H,1H3,(H,16,17,19). The summed E-state index contributed by atoms with van der Waals surface area (Å²) >= 11 is 2.55. The normalized spacial score (nSPS) is 10.7. The zero-order valence-corrected chi connectivity index (χ0v) is 13.3. The molecule has 2 heterocycles. The molecule has 3 aromatic rings. The number of nitrogens with zero attached hydrogens (tertiary/aromatic N) is 4. The predicted octanol–water partition coefficient (Wildman–Crippen LogP) is 2.97. The first-order chi connectivity index (χ1) is 11.1. The number of benzene rings is 1. The van der Waals surface area contributed by atoms with Crippen LogP contribution in [-0.4, -0.2) is 32.0 Å². The van der Waals surface area contributed by atoms with Gasteiger partial charge in [-0.05, 0) is 12.3 Å². The molecule has 2 aromatic heterocycles. The van der Waals surface area contributed by atoms with E-state index in [0.717, 1.165) is 0 Å². The fourth-order valence-electron chi connectivity index (χ4n) is 1.79. The fourth-order valence-corrected chi connectivity index (χ4v) is 3.00. The second-order valence-corrected chi connectivity index (χ2v) is 6.14. The molecule has 0 saturated heterocycles. The molecule has 0 unspecified atom stereocenters. The first kappa shape index (κ1) is 15.3. The van der Waals surface area contributed by atoms with Gasteiger partial charge in [-0.1, -0.05) is 23.1 Å². The molecule has 0 spiro atoms. The van der Waals surface area contributed by atoms with Crippen molar-refractivity contribution >= 4 is 50.0 Å². The Hall–Kier alpha value is -2.59. The van der Waals surface area contributed by atoms with E-state index in [1.165, 1.54) is 47.6 Å². The Kier molecular flexibility index (Phi) is 4.17. The average molecular weight is 347 g/mol. The maximum absolute atomic E-state index is 12.1. The molecule has 0 radical (unpaired) electrons. The van der Waals surface area contributed by atoms with Crippen molar-refractivity contribution in [1.29, 1.82) is 0 Å². The first-order valence-corrected chi connectivity index (χ1v) is 8.33. The number of anilines is 1. The molecule has 1 N–H and O–H groups in total. The number of nitrogens with one attached hydrogen (secondary N) is 1. The first-order valence-electron chi connectivity index (χ1n) is 6.29. The topological polar surface area (TPSA) is 111 Å². The van der Waals surface area contributed by atoms with Gasteiger partial charge in [0.1, 0.15) is 0 Å². The Morgan fingerprint density at radius 2 is 2.09 bits per heavy atom. The van der Waals surface area contributed by atoms with E-state index in [-0.39, 0.29) is 11.6 Å². The second-order valence-electron chi connectivity index (χ2n) is 4.34. The minimum absolute atomic E-state index is 0.0138. The number of non-ortho nitro benzene ring substituents is 1. The van der Waals surface area contributed by atoms with Gasteiger partial charge in [0, 0.05) is 24.5 Å². The van der Waals surface area contributed by atoms with Gasteiger partial charge < -0.3 is 0 Å². The van der Waals surface area contributed by atoms with Gasteiger partial charge in [0.05, 0.1) is 20.7 Å². The number of nitro benzene ring substituents is 1. The van der Waals surface area contributed by atoms with Crippen molar-refractivity contribution in [3.8, 4) is 0 Å². The highest BCUT2D eigenvalue weighted by Gasteiger charge is 2.13. The van der Waals surface area contributed by atoms with Crippen LogP contribution in [0.3, 0.4) is 0 Å². The molecule has 3 rings (SSSR count). The minimum Gasteiger partial charge on any atom is -0.298 e. The van der Waals surface area contributed by atoms with Crippen molar-refractivity contribution < 1.29 is 9.72 Å². The highest BCUT2D eigenvalue weighted by atomic mass is 32.2. The Morgan fingerprint density at radius 3 is 2.74 bits per heavy atom. The third-order valence-corrected chi connectivity index (χ3v) is 4.39. The van der Waals surface area contributed by atoms with Crippen LogP contribution < -0.4 is 5.32 Å². The summed E-state index contributed by atoms with van der Waals surface area (Å²) in [6, 6.07) is 4.36. The van der Waals surface area contributed by atoms with E-state index in [4.69, 9.17) is 0 Å². The summed E-state index contributed by atoms with van der Waals surface area (Å²) in [6.07, 6.45) is 4.72. The van der Waals surface area contributed by atoms with Gasteiger partial charge in [-0.25, -0.2) is 15.0 Å². The van der Waals surface area contributed by atoms with Crippen molar-refractivity contribution in [3.63, 3.8) is 0 Å². The molecule has 0 saturated carbocycles. The summed E-state index contributed by atoms with van der Waals surface area (Å²) in [5, 5.41) is 14.4. The number of nitro groups is 1. The van der Waals surface area contributed by atoms with E-state index in [9.17, 15) is 14.9 Å². The van der Waals surface area contributed by atoms with Crippen molar-refractivity contribution in [2.24, 2.45) is 0 Å². The highest BCUT2D eigenvalue weighted by molar-refractivity contribution is 7.98. The number of rotatable bonds is 4. The Balaban J connectivity index is 1.82. The smallest absolute Gasteiger partial charge is 0.270 e. The van der Waals surface area contributed by atoms with E-state index < -0.39 is 4.92 Å². The number of carbonyl (C=O) groups is 1. The molecule has 0 fully saturated rings.